The Hall–Kier alpha value is -2.26. The molecule has 25 heavy (non-hydrogen) atoms. The molecule has 0 aliphatic carbocycles. The maximum atomic E-state index is 12.3. The molecule has 1 fully saturated rings. The quantitative estimate of drug-likeness (QED) is 0.870. The predicted octanol–water partition coefficient (Wildman–Crippen LogP) is 4.37. The molecule has 0 radical (unpaired) electrons. The number of benzene rings is 2. The standard InChI is InChI=1S/C21H21ClN2O/c1-20(2)17-5-3-4-6-18(17)24-14-12-19(25)23-21(20,24)13-11-15-7-9-16(22)10-8-15/h3-11,13H,12,14H2,1-2H3,(H,23,25)/b13-11+/t21-/m0/s1. The molecule has 2 heterocycles. The highest BCUT2D eigenvalue weighted by molar-refractivity contribution is 6.30. The summed E-state index contributed by atoms with van der Waals surface area (Å²) in [5.74, 6) is 0.0953. The first-order chi connectivity index (χ1) is 11.9. The summed E-state index contributed by atoms with van der Waals surface area (Å²) < 4.78 is 0. The fraction of sp³-hybridized carbons (Fsp3) is 0.286. The minimum Gasteiger partial charge on any atom is -0.344 e. The van der Waals surface area contributed by atoms with Crippen LogP contribution in [0.1, 0.15) is 31.4 Å². The number of hydrogen-bond donors (Lipinski definition) is 1. The van der Waals surface area contributed by atoms with E-state index in [4.69, 9.17) is 11.6 Å². The third kappa shape index (κ3) is 2.37. The van der Waals surface area contributed by atoms with Crippen molar-refractivity contribution in [2.45, 2.75) is 31.3 Å². The van der Waals surface area contributed by atoms with Crippen LogP contribution in [0.5, 0.6) is 0 Å². The summed E-state index contributed by atoms with van der Waals surface area (Å²) in [5.41, 5.74) is 2.71. The number of rotatable bonds is 2. The van der Waals surface area contributed by atoms with Crippen molar-refractivity contribution in [2.75, 3.05) is 11.4 Å². The Kier molecular flexibility index (Phi) is 3.66. The number of amides is 1. The molecule has 0 bridgehead atoms. The third-order valence-electron chi connectivity index (χ3n) is 5.53. The lowest BCUT2D eigenvalue weighted by atomic mass is 9.74. The van der Waals surface area contributed by atoms with Gasteiger partial charge in [0.25, 0.3) is 0 Å². The summed E-state index contributed by atoms with van der Waals surface area (Å²) in [5, 5.41) is 4.00. The normalized spacial score (nSPS) is 24.1. The summed E-state index contributed by atoms with van der Waals surface area (Å²) in [6.45, 7) is 5.12. The second-order valence-corrected chi connectivity index (χ2v) is 7.68. The van der Waals surface area contributed by atoms with Crippen LogP contribution in [0.3, 0.4) is 0 Å². The van der Waals surface area contributed by atoms with Crippen molar-refractivity contribution in [1.82, 2.24) is 5.32 Å². The van der Waals surface area contributed by atoms with Gasteiger partial charge in [-0.3, -0.25) is 4.79 Å². The van der Waals surface area contributed by atoms with Gasteiger partial charge in [-0.15, -0.1) is 0 Å². The van der Waals surface area contributed by atoms with E-state index in [9.17, 15) is 4.79 Å². The second-order valence-electron chi connectivity index (χ2n) is 7.24. The Bertz CT molecular complexity index is 856. The van der Waals surface area contributed by atoms with Gasteiger partial charge in [0.15, 0.2) is 0 Å². The van der Waals surface area contributed by atoms with E-state index in [0.29, 0.717) is 6.42 Å². The Morgan fingerprint density at radius 3 is 2.60 bits per heavy atom. The van der Waals surface area contributed by atoms with E-state index in [0.717, 1.165) is 17.1 Å². The van der Waals surface area contributed by atoms with Crippen molar-refractivity contribution >= 4 is 29.3 Å². The molecule has 1 amide bonds. The molecular weight excluding hydrogens is 332 g/mol. The van der Waals surface area contributed by atoms with Crippen molar-refractivity contribution < 1.29 is 4.79 Å². The molecule has 4 rings (SSSR count). The van der Waals surface area contributed by atoms with Crippen LogP contribution in [0.4, 0.5) is 5.69 Å². The molecule has 1 N–H and O–H groups in total. The monoisotopic (exact) mass is 352 g/mol. The van der Waals surface area contributed by atoms with Gasteiger partial charge in [0.1, 0.15) is 5.66 Å². The van der Waals surface area contributed by atoms with Gasteiger partial charge in [-0.25, -0.2) is 0 Å². The molecule has 0 spiro atoms. The van der Waals surface area contributed by atoms with E-state index in [1.54, 1.807) is 0 Å². The van der Waals surface area contributed by atoms with Crippen LogP contribution in [0.25, 0.3) is 6.08 Å². The van der Waals surface area contributed by atoms with E-state index >= 15 is 0 Å². The van der Waals surface area contributed by atoms with E-state index in [1.807, 2.05) is 24.3 Å². The minimum absolute atomic E-state index is 0.0953. The molecule has 2 aliphatic rings. The van der Waals surface area contributed by atoms with Crippen LogP contribution in [0.15, 0.2) is 54.6 Å². The Morgan fingerprint density at radius 1 is 1.12 bits per heavy atom. The van der Waals surface area contributed by atoms with Gasteiger partial charge in [-0.1, -0.05) is 61.9 Å². The fourth-order valence-electron chi connectivity index (χ4n) is 4.11. The molecular formula is C21H21ClN2O. The Morgan fingerprint density at radius 2 is 1.84 bits per heavy atom. The summed E-state index contributed by atoms with van der Waals surface area (Å²) in [6, 6.07) is 16.2. The number of carbonyl (C=O) groups is 1. The first kappa shape index (κ1) is 16.2. The van der Waals surface area contributed by atoms with Gasteiger partial charge in [0.2, 0.25) is 5.91 Å². The minimum atomic E-state index is -0.564. The van der Waals surface area contributed by atoms with Gasteiger partial charge >= 0.3 is 0 Å². The number of anilines is 1. The molecule has 4 heteroatoms. The summed E-state index contributed by atoms with van der Waals surface area (Å²) >= 11 is 5.98. The SMILES string of the molecule is CC1(C)c2ccccc2N2CCC(=O)N[C@@]21/C=C/c1ccc(Cl)cc1. The first-order valence-electron chi connectivity index (χ1n) is 8.57. The number of hydrogen-bond acceptors (Lipinski definition) is 2. The maximum Gasteiger partial charge on any atom is 0.223 e. The first-order valence-corrected chi connectivity index (χ1v) is 8.95. The largest absolute Gasteiger partial charge is 0.344 e. The van der Waals surface area contributed by atoms with E-state index in [1.165, 1.54) is 11.3 Å². The number of para-hydroxylation sites is 1. The van der Waals surface area contributed by atoms with Gasteiger partial charge in [0, 0.05) is 29.1 Å². The van der Waals surface area contributed by atoms with Crippen molar-refractivity contribution in [2.24, 2.45) is 0 Å². The molecule has 2 aliphatic heterocycles. The zero-order valence-corrected chi connectivity index (χ0v) is 15.2. The van der Waals surface area contributed by atoms with Gasteiger partial charge < -0.3 is 10.2 Å². The number of nitrogens with one attached hydrogen (secondary N) is 1. The topological polar surface area (TPSA) is 32.3 Å². The van der Waals surface area contributed by atoms with E-state index in [2.05, 4.69) is 60.5 Å². The van der Waals surface area contributed by atoms with Crippen molar-refractivity contribution in [3.8, 4) is 0 Å². The zero-order valence-electron chi connectivity index (χ0n) is 14.4. The molecule has 0 saturated carbocycles. The van der Waals surface area contributed by atoms with Crippen LogP contribution in [0.2, 0.25) is 5.02 Å². The van der Waals surface area contributed by atoms with Gasteiger partial charge in [0.05, 0.1) is 0 Å². The molecule has 128 valence electrons. The molecule has 0 unspecified atom stereocenters. The van der Waals surface area contributed by atoms with Crippen LogP contribution >= 0.6 is 11.6 Å². The molecule has 1 saturated heterocycles. The average Bonchev–Trinajstić information content (AvgIpc) is 2.79. The van der Waals surface area contributed by atoms with Crippen LogP contribution in [-0.4, -0.2) is 18.1 Å². The molecule has 3 nitrogen and oxygen atoms in total. The molecule has 2 aromatic carbocycles. The van der Waals surface area contributed by atoms with Crippen molar-refractivity contribution in [3.63, 3.8) is 0 Å². The van der Waals surface area contributed by atoms with Crippen LogP contribution < -0.4 is 10.2 Å². The van der Waals surface area contributed by atoms with Crippen LogP contribution in [-0.2, 0) is 10.2 Å². The maximum absolute atomic E-state index is 12.3. The van der Waals surface area contributed by atoms with Gasteiger partial charge in [-0.05, 0) is 35.4 Å². The highest BCUT2D eigenvalue weighted by Crippen LogP contribution is 2.52. The summed E-state index contributed by atoms with van der Waals surface area (Å²) in [6.07, 6.45) is 4.72. The number of carbonyl (C=O) groups excluding carboxylic acids is 1. The Balaban J connectivity index is 1.83. The average molecular weight is 353 g/mol. The number of halogens is 1. The van der Waals surface area contributed by atoms with E-state index < -0.39 is 5.66 Å². The van der Waals surface area contributed by atoms with Gasteiger partial charge in [-0.2, -0.15) is 0 Å². The molecule has 0 aromatic heterocycles. The molecule has 1 atom stereocenters. The fourth-order valence-corrected chi connectivity index (χ4v) is 4.24. The van der Waals surface area contributed by atoms with Crippen molar-refractivity contribution in [1.29, 1.82) is 0 Å². The van der Waals surface area contributed by atoms with E-state index in [-0.39, 0.29) is 11.3 Å². The Labute approximate surface area is 153 Å². The zero-order chi connectivity index (χ0) is 17.7. The summed E-state index contributed by atoms with van der Waals surface area (Å²) in [4.78, 5) is 14.6. The lowest BCUT2D eigenvalue weighted by Gasteiger charge is -2.49. The molecule has 2 aromatic rings. The lowest BCUT2D eigenvalue weighted by molar-refractivity contribution is -0.124. The summed E-state index contributed by atoms with van der Waals surface area (Å²) in [7, 11) is 0. The highest BCUT2D eigenvalue weighted by atomic mass is 35.5. The van der Waals surface area contributed by atoms with Crippen LogP contribution in [0, 0.1) is 0 Å². The second kappa shape index (κ2) is 5.63. The third-order valence-corrected chi connectivity index (χ3v) is 5.78. The number of fused-ring (bicyclic) bond motifs is 3. The lowest BCUT2D eigenvalue weighted by Crippen LogP contribution is -2.68. The smallest absolute Gasteiger partial charge is 0.223 e. The van der Waals surface area contributed by atoms with Crippen molar-refractivity contribution in [3.05, 3.63) is 70.8 Å². The highest BCUT2D eigenvalue weighted by Gasteiger charge is 2.57. The number of nitrogens with zero attached hydrogens (tertiary/aromatic N) is 1. The predicted molar refractivity (Wildman–Crippen MR) is 103 cm³/mol.